The highest BCUT2D eigenvalue weighted by Crippen LogP contribution is 2.46. The molecular weight excluding hydrogens is 441 g/mol. The van der Waals surface area contributed by atoms with Gasteiger partial charge in [-0.25, -0.2) is 31.3 Å². The van der Waals surface area contributed by atoms with Crippen molar-refractivity contribution in [1.29, 1.82) is 0 Å². The van der Waals surface area contributed by atoms with E-state index in [-0.39, 0.29) is 22.6 Å². The Morgan fingerprint density at radius 1 is 1.09 bits per heavy atom. The van der Waals surface area contributed by atoms with Crippen LogP contribution in [0.25, 0.3) is 22.2 Å². The second kappa shape index (κ2) is 7.49. The summed E-state index contributed by atoms with van der Waals surface area (Å²) in [7, 11) is -2.20. The summed E-state index contributed by atoms with van der Waals surface area (Å²) in [5.74, 6) is -1.97. The Hall–Kier alpha value is -3.11. The number of hydrogen-bond acceptors (Lipinski definition) is 3. The third kappa shape index (κ3) is 3.49. The van der Waals surface area contributed by atoms with Crippen LogP contribution in [0.2, 0.25) is 0 Å². The fraction of sp³-hybridized carbons (Fsp3) is 0.227. The largest absolute Gasteiger partial charge is 0.352 e. The van der Waals surface area contributed by atoms with Gasteiger partial charge in [-0.15, -0.1) is 0 Å². The summed E-state index contributed by atoms with van der Waals surface area (Å²) in [6.45, 7) is 0. The van der Waals surface area contributed by atoms with E-state index in [4.69, 9.17) is 0 Å². The number of aromatic nitrogens is 3. The lowest BCUT2D eigenvalue weighted by molar-refractivity contribution is 0.327. The van der Waals surface area contributed by atoms with Crippen LogP contribution < -0.4 is 4.72 Å². The number of hydrogen-bond donors (Lipinski definition) is 2. The minimum absolute atomic E-state index is 0.0795. The average Bonchev–Trinajstić information content (AvgIpc) is 3.29. The first-order chi connectivity index (χ1) is 15.2. The van der Waals surface area contributed by atoms with E-state index < -0.39 is 27.5 Å². The molecule has 4 aromatic rings. The second-order valence-electron chi connectivity index (χ2n) is 8.04. The van der Waals surface area contributed by atoms with Crippen LogP contribution >= 0.6 is 0 Å². The van der Waals surface area contributed by atoms with Gasteiger partial charge in [-0.1, -0.05) is 0 Å². The Labute approximate surface area is 182 Å². The Morgan fingerprint density at radius 3 is 2.47 bits per heavy atom. The summed E-state index contributed by atoms with van der Waals surface area (Å²) in [6, 6.07) is 7.46. The van der Waals surface area contributed by atoms with Crippen molar-refractivity contribution in [2.45, 2.75) is 30.0 Å². The van der Waals surface area contributed by atoms with Gasteiger partial charge >= 0.3 is 0 Å². The Balaban J connectivity index is 1.49. The van der Waals surface area contributed by atoms with E-state index in [9.17, 15) is 21.6 Å². The van der Waals surface area contributed by atoms with Crippen LogP contribution in [-0.4, -0.2) is 29.0 Å². The van der Waals surface area contributed by atoms with Crippen molar-refractivity contribution in [2.24, 2.45) is 7.05 Å². The van der Waals surface area contributed by atoms with Gasteiger partial charge in [0.15, 0.2) is 0 Å². The number of benzene rings is 2. The number of fused-ring (bicyclic) bond motifs is 1. The maximum absolute atomic E-state index is 14.5. The van der Waals surface area contributed by atoms with E-state index in [1.54, 1.807) is 25.4 Å². The fourth-order valence-electron chi connectivity index (χ4n) is 4.34. The number of nitrogens with zero attached hydrogens (tertiary/aromatic N) is 2. The first-order valence-electron chi connectivity index (χ1n) is 9.99. The molecule has 32 heavy (non-hydrogen) atoms. The van der Waals surface area contributed by atoms with Crippen LogP contribution in [0, 0.1) is 17.5 Å². The third-order valence-corrected chi connectivity index (χ3v) is 7.40. The summed E-state index contributed by atoms with van der Waals surface area (Å²) in [4.78, 5) is 6.90. The lowest BCUT2D eigenvalue weighted by Gasteiger charge is -2.36. The molecule has 2 aromatic heterocycles. The van der Waals surface area contributed by atoms with Gasteiger partial charge in [0.25, 0.3) is 10.0 Å². The lowest BCUT2D eigenvalue weighted by Crippen LogP contribution is -2.44. The topological polar surface area (TPSA) is 79.8 Å². The van der Waals surface area contributed by atoms with Crippen molar-refractivity contribution < 1.29 is 21.6 Å². The highest BCUT2D eigenvalue weighted by atomic mass is 32.2. The molecule has 10 heteroatoms. The fourth-order valence-corrected chi connectivity index (χ4v) is 5.72. The van der Waals surface area contributed by atoms with Gasteiger partial charge in [0.05, 0.1) is 11.2 Å². The van der Waals surface area contributed by atoms with Gasteiger partial charge in [-0.3, -0.25) is 0 Å². The van der Waals surface area contributed by atoms with Crippen molar-refractivity contribution in [2.75, 3.05) is 0 Å². The van der Waals surface area contributed by atoms with Crippen LogP contribution in [0.4, 0.5) is 13.2 Å². The maximum atomic E-state index is 14.5. The molecule has 1 saturated carbocycles. The molecule has 0 radical (unpaired) electrons. The van der Waals surface area contributed by atoms with Crippen molar-refractivity contribution >= 4 is 20.9 Å². The van der Waals surface area contributed by atoms with Crippen molar-refractivity contribution in [3.05, 3.63) is 71.8 Å². The zero-order valence-electron chi connectivity index (χ0n) is 16.9. The van der Waals surface area contributed by atoms with Crippen molar-refractivity contribution in [3.8, 4) is 11.3 Å². The molecule has 1 fully saturated rings. The molecule has 0 atom stereocenters. The number of H-pyrrole nitrogens is 1. The quantitative estimate of drug-likeness (QED) is 0.468. The van der Waals surface area contributed by atoms with Gasteiger partial charge in [0.2, 0.25) is 5.16 Å². The molecule has 0 unspecified atom stereocenters. The van der Waals surface area contributed by atoms with Gasteiger partial charge < -0.3 is 9.55 Å². The number of halogens is 3. The molecule has 0 amide bonds. The molecule has 166 valence electrons. The molecule has 0 saturated heterocycles. The summed E-state index contributed by atoms with van der Waals surface area (Å²) in [5, 5.41) is 0.321. The van der Waals surface area contributed by atoms with E-state index in [1.807, 2.05) is 0 Å². The molecule has 2 aromatic carbocycles. The number of imidazole rings is 1. The van der Waals surface area contributed by atoms with Crippen LogP contribution in [0.1, 0.15) is 24.3 Å². The Bertz CT molecular complexity index is 1420. The molecular formula is C22H19F3N4O2S. The predicted octanol–water partition coefficient (Wildman–Crippen LogP) is 4.21. The molecule has 0 spiro atoms. The number of aryl methyl sites for hydroxylation is 1. The molecule has 1 aliphatic carbocycles. The number of aromatic amines is 1. The average molecular weight is 460 g/mol. The first-order valence-corrected chi connectivity index (χ1v) is 11.5. The van der Waals surface area contributed by atoms with Crippen LogP contribution in [0.3, 0.4) is 0 Å². The predicted molar refractivity (Wildman–Crippen MR) is 113 cm³/mol. The molecule has 1 aliphatic rings. The summed E-state index contributed by atoms with van der Waals surface area (Å²) >= 11 is 0. The monoisotopic (exact) mass is 460 g/mol. The molecule has 0 aliphatic heterocycles. The normalized spacial score (nSPS) is 18.8. The second-order valence-corrected chi connectivity index (χ2v) is 9.65. The zero-order chi connectivity index (χ0) is 22.6. The van der Waals surface area contributed by atoms with E-state index in [2.05, 4.69) is 14.7 Å². The SMILES string of the molecule is Cn1ccnc1S(=O)(=O)NC1CC(c2c(-c3ccc(F)cc3)[nH]c3c(F)cc(F)cc23)C1. The van der Waals surface area contributed by atoms with E-state index in [1.165, 1.54) is 29.0 Å². The Kier molecular flexibility index (Phi) is 4.86. The molecule has 2 heterocycles. The zero-order valence-corrected chi connectivity index (χ0v) is 17.8. The minimum Gasteiger partial charge on any atom is -0.352 e. The minimum atomic E-state index is -3.79. The standard InChI is InChI=1S/C22H19F3N4O2S/c1-29-7-6-26-22(29)32(30,31)28-16-8-13(9-16)19-17-10-15(24)11-18(25)21(17)27-20(19)12-2-4-14(23)5-3-12/h2-7,10-11,13,16,27-28H,8-9H2,1H3. The van der Waals surface area contributed by atoms with Crippen LogP contribution in [-0.2, 0) is 17.1 Å². The lowest BCUT2D eigenvalue weighted by atomic mass is 9.74. The highest BCUT2D eigenvalue weighted by molar-refractivity contribution is 7.89. The summed E-state index contributed by atoms with van der Waals surface area (Å²) in [6.07, 6.45) is 3.84. The summed E-state index contributed by atoms with van der Waals surface area (Å²) in [5.41, 5.74) is 2.06. The van der Waals surface area contributed by atoms with Crippen LogP contribution in [0.5, 0.6) is 0 Å². The third-order valence-electron chi connectivity index (χ3n) is 5.88. The van der Waals surface area contributed by atoms with Crippen molar-refractivity contribution in [3.63, 3.8) is 0 Å². The van der Waals surface area contributed by atoms with Crippen LogP contribution in [0.15, 0.2) is 53.9 Å². The Morgan fingerprint density at radius 2 is 1.81 bits per heavy atom. The number of rotatable bonds is 5. The first kappa shape index (κ1) is 20.8. The van der Waals surface area contributed by atoms with Crippen molar-refractivity contribution in [1.82, 2.24) is 19.3 Å². The molecule has 5 rings (SSSR count). The smallest absolute Gasteiger partial charge is 0.274 e. The highest BCUT2D eigenvalue weighted by Gasteiger charge is 2.37. The summed E-state index contributed by atoms with van der Waals surface area (Å²) < 4.78 is 71.2. The maximum Gasteiger partial charge on any atom is 0.274 e. The van der Waals surface area contributed by atoms with Gasteiger partial charge in [-0.05, 0) is 60.2 Å². The molecule has 0 bridgehead atoms. The van der Waals surface area contributed by atoms with E-state index in [0.717, 1.165) is 6.07 Å². The number of nitrogens with one attached hydrogen (secondary N) is 2. The van der Waals surface area contributed by atoms with E-state index >= 15 is 0 Å². The number of sulfonamides is 1. The van der Waals surface area contributed by atoms with Gasteiger partial charge in [0, 0.05) is 36.9 Å². The molecule has 2 N–H and O–H groups in total. The van der Waals surface area contributed by atoms with Gasteiger partial charge in [-0.2, -0.15) is 0 Å². The molecule has 6 nitrogen and oxygen atoms in total. The van der Waals surface area contributed by atoms with E-state index in [0.29, 0.717) is 35.0 Å². The van der Waals surface area contributed by atoms with Gasteiger partial charge in [0.1, 0.15) is 17.5 Å².